The Morgan fingerprint density at radius 2 is 2.06 bits per heavy atom. The average Bonchev–Trinajstić information content (AvgIpc) is 2.19. The van der Waals surface area contributed by atoms with Crippen LogP contribution in [0.3, 0.4) is 0 Å². The van der Waals surface area contributed by atoms with Gasteiger partial charge in [0, 0.05) is 24.3 Å². The van der Waals surface area contributed by atoms with Crippen LogP contribution in [0.2, 0.25) is 0 Å². The minimum Gasteiger partial charge on any atom is -0.508 e. The van der Waals surface area contributed by atoms with Gasteiger partial charge in [0.15, 0.2) is 0 Å². The first kappa shape index (κ1) is 12.8. The largest absolute Gasteiger partial charge is 0.508 e. The number of phenols is 1. The molecule has 0 unspecified atom stereocenters. The minimum absolute atomic E-state index is 0.00773. The molecular weight excluding hydrogens is 230 g/mol. The molecule has 0 saturated carbocycles. The van der Waals surface area contributed by atoms with Gasteiger partial charge in [0.2, 0.25) is 0 Å². The normalized spacial score (nSPS) is 11.6. The van der Waals surface area contributed by atoms with Crippen molar-refractivity contribution >= 4 is 15.9 Å². The second kappa shape index (κ2) is 5.15. The number of hydrogen-bond donors (Lipinski definition) is 4. The van der Waals surface area contributed by atoms with Crippen LogP contribution in [-0.2, 0) is 16.8 Å². The molecule has 0 atom stereocenters. The first-order valence-corrected chi connectivity index (χ1v) is 6.24. The maximum atomic E-state index is 11.3. The van der Waals surface area contributed by atoms with Crippen molar-refractivity contribution < 1.29 is 13.5 Å². The van der Waals surface area contributed by atoms with Crippen molar-refractivity contribution in [3.63, 3.8) is 0 Å². The number of nitrogens with two attached hydrogens (primary N) is 1. The average molecular weight is 245 g/mol. The van der Waals surface area contributed by atoms with Gasteiger partial charge in [-0.25, -0.2) is 4.72 Å². The molecular formula is C9H15N3O3S. The molecule has 0 saturated heterocycles. The molecule has 1 aromatic carbocycles. The molecule has 16 heavy (non-hydrogen) atoms. The van der Waals surface area contributed by atoms with Crippen LogP contribution in [0.15, 0.2) is 18.2 Å². The lowest BCUT2D eigenvalue weighted by Gasteiger charge is -2.08. The number of aromatic hydroxyl groups is 1. The highest BCUT2D eigenvalue weighted by atomic mass is 32.2. The van der Waals surface area contributed by atoms with E-state index in [0.717, 1.165) is 0 Å². The molecule has 7 heteroatoms. The predicted octanol–water partition coefficient (Wildman–Crippen LogP) is -0.0817. The summed E-state index contributed by atoms with van der Waals surface area (Å²) in [5, 5.41) is 9.45. The molecule has 0 amide bonds. The highest BCUT2D eigenvalue weighted by molar-refractivity contribution is 7.87. The number of nitrogen functional groups attached to an aromatic ring is 1. The third-order valence-electron chi connectivity index (χ3n) is 1.89. The lowest BCUT2D eigenvalue weighted by atomic mass is 10.2. The van der Waals surface area contributed by atoms with Crippen molar-refractivity contribution in [1.82, 2.24) is 9.44 Å². The third kappa shape index (κ3) is 3.69. The quantitative estimate of drug-likeness (QED) is 0.430. The maximum absolute atomic E-state index is 11.3. The summed E-state index contributed by atoms with van der Waals surface area (Å²) >= 11 is 0. The summed E-state index contributed by atoms with van der Waals surface area (Å²) in [5.74, 6) is 0.00778. The Labute approximate surface area is 94.7 Å². The summed E-state index contributed by atoms with van der Waals surface area (Å²) < 4.78 is 27.1. The van der Waals surface area contributed by atoms with Gasteiger partial charge in [0.05, 0.1) is 0 Å². The van der Waals surface area contributed by atoms with E-state index in [4.69, 9.17) is 5.73 Å². The van der Waals surface area contributed by atoms with Crippen molar-refractivity contribution in [3.8, 4) is 5.75 Å². The summed E-state index contributed by atoms with van der Waals surface area (Å²) in [4.78, 5) is 0. The number of benzene rings is 1. The molecule has 1 rings (SSSR count). The van der Waals surface area contributed by atoms with Crippen LogP contribution in [0.4, 0.5) is 5.69 Å². The van der Waals surface area contributed by atoms with Crippen LogP contribution < -0.4 is 15.2 Å². The number of phenolic OH excluding ortho intramolecular Hbond substituents is 1. The van der Waals surface area contributed by atoms with E-state index in [1.807, 2.05) is 0 Å². The Hall–Kier alpha value is -1.31. The van der Waals surface area contributed by atoms with E-state index in [2.05, 4.69) is 9.44 Å². The second-order valence-electron chi connectivity index (χ2n) is 3.21. The van der Waals surface area contributed by atoms with Gasteiger partial charge in [-0.2, -0.15) is 13.1 Å². The van der Waals surface area contributed by atoms with Crippen LogP contribution in [0.25, 0.3) is 0 Å². The van der Waals surface area contributed by atoms with Gasteiger partial charge in [-0.05, 0) is 18.2 Å². The van der Waals surface area contributed by atoms with Gasteiger partial charge in [-0.3, -0.25) is 0 Å². The molecule has 6 nitrogen and oxygen atoms in total. The van der Waals surface area contributed by atoms with E-state index in [-0.39, 0.29) is 12.3 Å². The van der Waals surface area contributed by atoms with Crippen molar-refractivity contribution in [1.29, 1.82) is 0 Å². The molecule has 0 aliphatic carbocycles. The molecule has 0 aliphatic heterocycles. The number of rotatable bonds is 5. The van der Waals surface area contributed by atoms with Crippen molar-refractivity contribution in [2.45, 2.75) is 13.5 Å². The van der Waals surface area contributed by atoms with Gasteiger partial charge in [0.1, 0.15) is 5.75 Å². The van der Waals surface area contributed by atoms with Crippen LogP contribution in [-0.4, -0.2) is 20.1 Å². The Morgan fingerprint density at radius 1 is 1.38 bits per heavy atom. The highest BCUT2D eigenvalue weighted by Gasteiger charge is 2.09. The molecule has 0 aromatic heterocycles. The summed E-state index contributed by atoms with van der Waals surface area (Å²) in [7, 11) is -3.51. The van der Waals surface area contributed by atoms with Crippen molar-refractivity contribution in [2.75, 3.05) is 12.3 Å². The summed E-state index contributed by atoms with van der Waals surface area (Å²) in [5.41, 5.74) is 6.42. The summed E-state index contributed by atoms with van der Waals surface area (Å²) in [6, 6.07) is 4.48. The molecule has 0 aliphatic rings. The van der Waals surface area contributed by atoms with E-state index in [1.165, 1.54) is 18.2 Å². The van der Waals surface area contributed by atoms with Gasteiger partial charge in [-0.1, -0.05) is 6.92 Å². The molecule has 0 fully saturated rings. The molecule has 0 bridgehead atoms. The molecule has 1 aromatic rings. The molecule has 0 heterocycles. The first-order chi connectivity index (χ1) is 7.44. The number of anilines is 1. The zero-order valence-electron chi connectivity index (χ0n) is 8.90. The van der Waals surface area contributed by atoms with Crippen molar-refractivity contribution in [2.24, 2.45) is 0 Å². The van der Waals surface area contributed by atoms with E-state index in [0.29, 0.717) is 17.8 Å². The molecule has 90 valence electrons. The molecule has 0 spiro atoms. The minimum atomic E-state index is -3.51. The van der Waals surface area contributed by atoms with Crippen LogP contribution in [0.5, 0.6) is 5.75 Å². The van der Waals surface area contributed by atoms with Gasteiger partial charge < -0.3 is 10.8 Å². The fraction of sp³-hybridized carbons (Fsp3) is 0.333. The summed E-state index contributed by atoms with van der Waals surface area (Å²) in [6.07, 6.45) is 0. The van der Waals surface area contributed by atoms with Gasteiger partial charge in [-0.15, -0.1) is 0 Å². The monoisotopic (exact) mass is 245 g/mol. The standard InChI is InChI=1S/C9H15N3O3S/c1-2-11-16(14,15)12-6-7-5-8(10)3-4-9(7)13/h3-5,11-13H,2,6,10H2,1H3. The first-order valence-electron chi connectivity index (χ1n) is 4.76. The molecule has 5 N–H and O–H groups in total. The number of hydrogen-bond acceptors (Lipinski definition) is 4. The fourth-order valence-corrected chi connectivity index (χ4v) is 1.99. The van der Waals surface area contributed by atoms with Gasteiger partial charge in [0.25, 0.3) is 10.2 Å². The topological polar surface area (TPSA) is 104 Å². The SMILES string of the molecule is CCNS(=O)(=O)NCc1cc(N)ccc1O. The van der Waals surface area contributed by atoms with E-state index in [1.54, 1.807) is 6.92 Å². The Balaban J connectivity index is 2.71. The predicted molar refractivity (Wildman–Crippen MR) is 62.0 cm³/mol. The van der Waals surface area contributed by atoms with E-state index < -0.39 is 10.2 Å². The summed E-state index contributed by atoms with van der Waals surface area (Å²) in [6.45, 7) is 1.97. The van der Waals surface area contributed by atoms with Crippen LogP contribution in [0.1, 0.15) is 12.5 Å². The smallest absolute Gasteiger partial charge is 0.277 e. The zero-order valence-corrected chi connectivity index (χ0v) is 9.71. The van der Waals surface area contributed by atoms with Gasteiger partial charge >= 0.3 is 0 Å². The fourth-order valence-electron chi connectivity index (χ4n) is 1.16. The maximum Gasteiger partial charge on any atom is 0.277 e. The van der Waals surface area contributed by atoms with Crippen molar-refractivity contribution in [3.05, 3.63) is 23.8 Å². The number of nitrogens with one attached hydrogen (secondary N) is 2. The zero-order chi connectivity index (χ0) is 12.2. The van der Waals surface area contributed by atoms with E-state index >= 15 is 0 Å². The molecule has 0 radical (unpaired) electrons. The Kier molecular flexibility index (Phi) is 4.11. The lowest BCUT2D eigenvalue weighted by molar-refractivity contribution is 0.467. The Bertz CT molecular complexity index is 459. The van der Waals surface area contributed by atoms with E-state index in [9.17, 15) is 13.5 Å². The third-order valence-corrected chi connectivity index (χ3v) is 3.08. The Morgan fingerprint density at radius 3 is 2.69 bits per heavy atom. The highest BCUT2D eigenvalue weighted by Crippen LogP contribution is 2.19. The second-order valence-corrected chi connectivity index (χ2v) is 4.79. The van der Waals surface area contributed by atoms with Crippen LogP contribution >= 0.6 is 0 Å². The van der Waals surface area contributed by atoms with Crippen LogP contribution in [0, 0.1) is 0 Å². The lowest BCUT2D eigenvalue weighted by Crippen LogP contribution is -2.35.